The number of hydrogen-bond donors (Lipinski definition) is 3. The Morgan fingerprint density at radius 3 is 2.24 bits per heavy atom. The molecule has 0 radical (unpaired) electrons. The van der Waals surface area contributed by atoms with E-state index in [0.717, 1.165) is 0 Å². The fraction of sp³-hybridized carbons (Fsp3) is 0.222. The van der Waals surface area contributed by atoms with E-state index in [1.54, 1.807) is 0 Å². The second-order valence-electron chi connectivity index (χ2n) is 2.97. The minimum atomic E-state index is -0.664. The van der Waals surface area contributed by atoms with Crippen LogP contribution >= 0.6 is 24.8 Å². The van der Waals surface area contributed by atoms with Gasteiger partial charge in [-0.1, -0.05) is 0 Å². The normalized spacial score (nSPS) is 10.2. The summed E-state index contributed by atoms with van der Waals surface area (Å²) in [5, 5.41) is 0. The number of aromatic nitrogens is 1. The molecule has 8 heteroatoms. The third-order valence-corrected chi connectivity index (χ3v) is 1.66. The summed E-state index contributed by atoms with van der Waals surface area (Å²) >= 11 is 0. The summed E-state index contributed by atoms with van der Waals surface area (Å²) in [5.74, 6) is -0.858. The Balaban J connectivity index is 0. The van der Waals surface area contributed by atoms with Crippen molar-refractivity contribution in [2.24, 2.45) is 5.73 Å². The van der Waals surface area contributed by atoms with Crippen molar-refractivity contribution in [3.8, 4) is 0 Å². The van der Waals surface area contributed by atoms with Gasteiger partial charge in [0.25, 0.3) is 11.8 Å². The van der Waals surface area contributed by atoms with Crippen molar-refractivity contribution in [3.05, 3.63) is 30.1 Å². The van der Waals surface area contributed by atoms with Gasteiger partial charge in [0.05, 0.1) is 6.04 Å². The third-order valence-electron chi connectivity index (χ3n) is 1.66. The molecule has 0 aromatic carbocycles. The molecular weight excluding hydrogens is 267 g/mol. The lowest BCUT2D eigenvalue weighted by atomic mass is 10.2. The molecule has 1 atom stereocenters. The number of rotatable bonds is 2. The molecule has 0 spiro atoms. The molecule has 96 valence electrons. The Hall–Kier alpha value is -1.37. The molecular formula is C9H14Cl2N4O2. The molecule has 1 aromatic rings. The topological polar surface area (TPSA) is 97.1 Å². The van der Waals surface area contributed by atoms with Crippen LogP contribution in [0.5, 0.6) is 0 Å². The highest BCUT2D eigenvalue weighted by Crippen LogP contribution is 1.94. The highest BCUT2D eigenvalue weighted by atomic mass is 35.5. The number of carbonyl (C=O) groups is 2. The average molecular weight is 281 g/mol. The molecule has 0 saturated carbocycles. The quantitative estimate of drug-likeness (QED) is 0.666. The molecule has 0 aliphatic carbocycles. The molecule has 2 amide bonds. The Labute approximate surface area is 111 Å². The number of nitrogens with two attached hydrogens (primary N) is 1. The molecule has 0 bridgehead atoms. The van der Waals surface area contributed by atoms with Crippen molar-refractivity contribution in [2.75, 3.05) is 0 Å². The fourth-order valence-corrected chi connectivity index (χ4v) is 0.808. The van der Waals surface area contributed by atoms with E-state index in [1.165, 1.54) is 31.5 Å². The van der Waals surface area contributed by atoms with Gasteiger partial charge in [0.15, 0.2) is 0 Å². The Morgan fingerprint density at radius 2 is 1.76 bits per heavy atom. The molecule has 6 nitrogen and oxygen atoms in total. The summed E-state index contributed by atoms with van der Waals surface area (Å²) in [6, 6.07) is 2.41. The van der Waals surface area contributed by atoms with Crippen LogP contribution < -0.4 is 16.6 Å². The minimum Gasteiger partial charge on any atom is -0.320 e. The standard InChI is InChI=1S/C9H12N4O2.2ClH/c1-6(10)8(14)12-13-9(15)7-2-4-11-5-3-7;;/h2-6H,10H2,1H3,(H,12,14)(H,13,15);2*1H. The first-order valence-corrected chi connectivity index (χ1v) is 4.37. The van der Waals surface area contributed by atoms with Crippen LogP contribution in [-0.4, -0.2) is 22.8 Å². The van der Waals surface area contributed by atoms with E-state index < -0.39 is 17.9 Å². The summed E-state index contributed by atoms with van der Waals surface area (Å²) < 4.78 is 0. The van der Waals surface area contributed by atoms with Crippen LogP contribution in [0.4, 0.5) is 0 Å². The van der Waals surface area contributed by atoms with E-state index in [2.05, 4.69) is 15.8 Å². The van der Waals surface area contributed by atoms with Gasteiger partial charge in [-0.2, -0.15) is 0 Å². The van der Waals surface area contributed by atoms with Crippen molar-refractivity contribution >= 4 is 36.6 Å². The zero-order valence-corrected chi connectivity index (χ0v) is 10.7. The SMILES string of the molecule is CC(N)C(=O)NNC(=O)c1ccncc1.Cl.Cl. The molecule has 1 unspecified atom stereocenters. The first-order chi connectivity index (χ1) is 7.11. The largest absolute Gasteiger partial charge is 0.320 e. The van der Waals surface area contributed by atoms with Crippen molar-refractivity contribution in [1.29, 1.82) is 0 Å². The van der Waals surface area contributed by atoms with Crippen molar-refractivity contribution in [2.45, 2.75) is 13.0 Å². The van der Waals surface area contributed by atoms with Gasteiger partial charge in [0, 0.05) is 18.0 Å². The Morgan fingerprint density at radius 1 is 1.24 bits per heavy atom. The molecule has 0 aliphatic heterocycles. The smallest absolute Gasteiger partial charge is 0.269 e. The number of nitrogens with one attached hydrogen (secondary N) is 2. The second-order valence-corrected chi connectivity index (χ2v) is 2.97. The Bertz CT molecular complexity index is 359. The predicted molar refractivity (Wildman–Crippen MR) is 68.0 cm³/mol. The summed E-state index contributed by atoms with van der Waals surface area (Å²) in [6.07, 6.45) is 2.98. The first kappa shape index (κ1) is 18.0. The third kappa shape index (κ3) is 6.06. The predicted octanol–water partition coefficient (Wildman–Crippen LogP) is 0.0334. The first-order valence-electron chi connectivity index (χ1n) is 4.37. The van der Waals surface area contributed by atoms with Crippen LogP contribution in [0.15, 0.2) is 24.5 Å². The number of pyridine rings is 1. The lowest BCUT2D eigenvalue weighted by Gasteiger charge is -2.08. The van der Waals surface area contributed by atoms with Crippen molar-refractivity contribution < 1.29 is 9.59 Å². The number of carbonyl (C=O) groups excluding carboxylic acids is 2. The zero-order chi connectivity index (χ0) is 11.3. The fourth-order valence-electron chi connectivity index (χ4n) is 0.808. The zero-order valence-electron chi connectivity index (χ0n) is 9.04. The van der Waals surface area contributed by atoms with Gasteiger partial charge in [-0.3, -0.25) is 25.4 Å². The highest BCUT2D eigenvalue weighted by Gasteiger charge is 2.09. The van der Waals surface area contributed by atoms with Crippen LogP contribution in [0.2, 0.25) is 0 Å². The molecule has 17 heavy (non-hydrogen) atoms. The monoisotopic (exact) mass is 280 g/mol. The molecule has 0 fully saturated rings. The van der Waals surface area contributed by atoms with E-state index >= 15 is 0 Å². The van der Waals surface area contributed by atoms with Crippen LogP contribution in [0, 0.1) is 0 Å². The molecule has 0 aliphatic rings. The van der Waals surface area contributed by atoms with Gasteiger partial charge in [0.1, 0.15) is 0 Å². The number of nitrogens with zero attached hydrogens (tertiary/aromatic N) is 1. The number of halogens is 2. The second kappa shape index (κ2) is 8.74. The molecule has 4 N–H and O–H groups in total. The summed E-state index contributed by atoms with van der Waals surface area (Å²) in [5.41, 5.74) is 10.1. The van der Waals surface area contributed by atoms with Gasteiger partial charge >= 0.3 is 0 Å². The minimum absolute atomic E-state index is 0. The number of hydrazine groups is 1. The number of amides is 2. The number of hydrogen-bond acceptors (Lipinski definition) is 4. The van der Waals surface area contributed by atoms with Gasteiger partial charge in [0.2, 0.25) is 0 Å². The van der Waals surface area contributed by atoms with E-state index in [1.807, 2.05) is 0 Å². The van der Waals surface area contributed by atoms with Crippen LogP contribution in [0.1, 0.15) is 17.3 Å². The lowest BCUT2D eigenvalue weighted by Crippen LogP contribution is -2.48. The van der Waals surface area contributed by atoms with Gasteiger partial charge < -0.3 is 5.73 Å². The van der Waals surface area contributed by atoms with E-state index in [-0.39, 0.29) is 24.8 Å². The van der Waals surface area contributed by atoms with E-state index in [9.17, 15) is 9.59 Å². The van der Waals surface area contributed by atoms with Crippen LogP contribution in [0.25, 0.3) is 0 Å². The molecule has 1 heterocycles. The Kier molecular flexibility index (Phi) is 9.26. The lowest BCUT2D eigenvalue weighted by molar-refractivity contribution is -0.122. The van der Waals surface area contributed by atoms with E-state index in [0.29, 0.717) is 5.56 Å². The summed E-state index contributed by atoms with van der Waals surface area (Å²) in [7, 11) is 0. The maximum atomic E-state index is 11.4. The maximum Gasteiger partial charge on any atom is 0.269 e. The van der Waals surface area contributed by atoms with E-state index in [4.69, 9.17) is 5.73 Å². The van der Waals surface area contributed by atoms with Crippen LogP contribution in [0.3, 0.4) is 0 Å². The maximum absolute atomic E-state index is 11.4. The summed E-state index contributed by atoms with van der Waals surface area (Å²) in [4.78, 5) is 26.2. The molecule has 0 saturated heterocycles. The van der Waals surface area contributed by atoms with Gasteiger partial charge in [-0.25, -0.2) is 0 Å². The molecule has 1 rings (SSSR count). The van der Waals surface area contributed by atoms with Crippen molar-refractivity contribution in [1.82, 2.24) is 15.8 Å². The average Bonchev–Trinajstić information content (AvgIpc) is 2.26. The van der Waals surface area contributed by atoms with Crippen molar-refractivity contribution in [3.63, 3.8) is 0 Å². The van der Waals surface area contributed by atoms with Crippen LogP contribution in [-0.2, 0) is 4.79 Å². The van der Waals surface area contributed by atoms with Gasteiger partial charge in [-0.15, -0.1) is 24.8 Å². The molecule has 1 aromatic heterocycles. The summed E-state index contributed by atoms with van der Waals surface area (Å²) in [6.45, 7) is 1.52. The van der Waals surface area contributed by atoms with Gasteiger partial charge in [-0.05, 0) is 19.1 Å². The highest BCUT2D eigenvalue weighted by molar-refractivity contribution is 5.95.